The molecule has 1 heterocycles. The van der Waals surface area contributed by atoms with Gasteiger partial charge in [-0.3, -0.25) is 4.79 Å². The van der Waals surface area contributed by atoms with E-state index in [0.29, 0.717) is 16.3 Å². The first-order chi connectivity index (χ1) is 8.97. The van der Waals surface area contributed by atoms with Crippen molar-refractivity contribution in [2.75, 3.05) is 13.1 Å². The molecule has 1 fully saturated rings. The number of benzene rings is 1. The normalized spacial score (nSPS) is 18.4. The van der Waals surface area contributed by atoms with Crippen LogP contribution in [0.25, 0.3) is 0 Å². The monoisotopic (exact) mass is 327 g/mol. The van der Waals surface area contributed by atoms with E-state index in [9.17, 15) is 9.18 Å². The topological polar surface area (TPSA) is 20.3 Å². The van der Waals surface area contributed by atoms with Gasteiger partial charge in [0.25, 0.3) is 5.91 Å². The Kier molecular flexibility index (Phi) is 4.61. The molecule has 0 aliphatic carbocycles. The van der Waals surface area contributed by atoms with Crippen molar-refractivity contribution in [3.8, 4) is 0 Å². The molecule has 1 amide bonds. The fourth-order valence-electron chi connectivity index (χ4n) is 2.60. The first-order valence-corrected chi connectivity index (χ1v) is 7.59. The van der Waals surface area contributed by atoms with E-state index in [4.69, 9.17) is 0 Å². The van der Waals surface area contributed by atoms with Crippen molar-refractivity contribution in [2.24, 2.45) is 5.92 Å². The molecule has 1 aliphatic heterocycles. The summed E-state index contributed by atoms with van der Waals surface area (Å²) in [6.07, 6.45) is 2.01. The van der Waals surface area contributed by atoms with Gasteiger partial charge < -0.3 is 4.90 Å². The summed E-state index contributed by atoms with van der Waals surface area (Å²) < 4.78 is 13.3. The lowest BCUT2D eigenvalue weighted by atomic mass is 9.94. The second-order valence-electron chi connectivity index (χ2n) is 5.32. The summed E-state index contributed by atoms with van der Waals surface area (Å²) >= 11 is 3.60. The smallest absolute Gasteiger partial charge is 0.253 e. The number of aryl methyl sites for hydroxylation is 1. The molecule has 19 heavy (non-hydrogen) atoms. The maximum Gasteiger partial charge on any atom is 0.253 e. The van der Waals surface area contributed by atoms with Crippen molar-refractivity contribution in [1.29, 1.82) is 0 Å². The fraction of sp³-hybridized carbons (Fsp3) is 0.533. The van der Waals surface area contributed by atoms with Gasteiger partial charge in [0, 0.05) is 23.5 Å². The van der Waals surface area contributed by atoms with Crippen molar-refractivity contribution >= 4 is 21.8 Å². The molecule has 1 atom stereocenters. The number of rotatable bonds is 2. The summed E-state index contributed by atoms with van der Waals surface area (Å²) in [7, 11) is 0. The summed E-state index contributed by atoms with van der Waals surface area (Å²) in [6.45, 7) is 5.47. The highest BCUT2D eigenvalue weighted by molar-refractivity contribution is 9.09. The first kappa shape index (κ1) is 14.5. The predicted octanol–water partition coefficient (Wildman–Crippen LogP) is 3.77. The van der Waals surface area contributed by atoms with Gasteiger partial charge in [0.15, 0.2) is 0 Å². The Bertz CT molecular complexity index is 447. The average Bonchev–Trinajstić information content (AvgIpc) is 2.37. The Balaban J connectivity index is 2.05. The molecule has 0 aromatic heterocycles. The Morgan fingerprint density at radius 3 is 2.53 bits per heavy atom. The third-order valence-electron chi connectivity index (χ3n) is 3.77. The minimum atomic E-state index is -0.340. The highest BCUT2D eigenvalue weighted by Gasteiger charge is 2.26. The van der Waals surface area contributed by atoms with E-state index >= 15 is 0 Å². The SMILES string of the molecule is Cc1cc(F)cc(C(=O)N2CCC(C(C)Br)CC2)c1. The average molecular weight is 328 g/mol. The molecule has 0 bridgehead atoms. The zero-order valence-electron chi connectivity index (χ0n) is 11.3. The molecular weight excluding hydrogens is 309 g/mol. The van der Waals surface area contributed by atoms with Crippen LogP contribution in [0.15, 0.2) is 18.2 Å². The Morgan fingerprint density at radius 2 is 2.00 bits per heavy atom. The molecule has 0 spiro atoms. The molecule has 0 N–H and O–H groups in total. The number of amides is 1. The van der Waals surface area contributed by atoms with Gasteiger partial charge in [-0.25, -0.2) is 4.39 Å². The van der Waals surface area contributed by atoms with Gasteiger partial charge in [-0.15, -0.1) is 0 Å². The van der Waals surface area contributed by atoms with E-state index in [-0.39, 0.29) is 11.7 Å². The molecule has 1 aliphatic rings. The second kappa shape index (κ2) is 6.04. The summed E-state index contributed by atoms with van der Waals surface area (Å²) in [5.41, 5.74) is 1.25. The lowest BCUT2D eigenvalue weighted by Gasteiger charge is -2.33. The van der Waals surface area contributed by atoms with Crippen LogP contribution in [0, 0.1) is 18.7 Å². The van der Waals surface area contributed by atoms with Crippen molar-refractivity contribution in [2.45, 2.75) is 31.5 Å². The molecule has 0 saturated carbocycles. The maximum atomic E-state index is 13.3. The minimum absolute atomic E-state index is 0.0525. The van der Waals surface area contributed by atoms with Crippen LogP contribution < -0.4 is 0 Å². The number of halogens is 2. The lowest BCUT2D eigenvalue weighted by Crippen LogP contribution is -2.40. The Morgan fingerprint density at radius 1 is 1.37 bits per heavy atom. The van der Waals surface area contributed by atoms with Crippen LogP contribution in [0.2, 0.25) is 0 Å². The summed E-state index contributed by atoms with van der Waals surface area (Å²) in [5.74, 6) is 0.230. The van der Waals surface area contributed by atoms with E-state index in [0.717, 1.165) is 31.5 Å². The Labute approximate surface area is 122 Å². The highest BCUT2D eigenvalue weighted by Crippen LogP contribution is 2.26. The van der Waals surface area contributed by atoms with Gasteiger partial charge in [0.05, 0.1) is 0 Å². The van der Waals surface area contributed by atoms with Gasteiger partial charge >= 0.3 is 0 Å². The van der Waals surface area contributed by atoms with Crippen LogP contribution >= 0.6 is 15.9 Å². The molecule has 0 radical (unpaired) electrons. The zero-order chi connectivity index (χ0) is 14.0. The molecule has 104 valence electrons. The number of carbonyl (C=O) groups is 1. The Hall–Kier alpha value is -0.900. The third kappa shape index (κ3) is 3.56. The van der Waals surface area contributed by atoms with Gasteiger partial charge in [0.1, 0.15) is 5.82 Å². The van der Waals surface area contributed by atoms with Crippen LogP contribution in [0.3, 0.4) is 0 Å². The van der Waals surface area contributed by atoms with E-state index < -0.39 is 0 Å². The number of carbonyl (C=O) groups excluding carboxylic acids is 1. The van der Waals surface area contributed by atoms with Gasteiger partial charge in [-0.05, 0) is 49.4 Å². The van der Waals surface area contributed by atoms with Crippen LogP contribution in [-0.2, 0) is 0 Å². The van der Waals surface area contributed by atoms with Gasteiger partial charge in [-0.2, -0.15) is 0 Å². The lowest BCUT2D eigenvalue weighted by molar-refractivity contribution is 0.0691. The maximum absolute atomic E-state index is 13.3. The fourth-order valence-corrected chi connectivity index (χ4v) is 3.13. The number of hydrogen-bond acceptors (Lipinski definition) is 1. The summed E-state index contributed by atoms with van der Waals surface area (Å²) in [4.78, 5) is 14.6. The molecular formula is C15H19BrFNO. The van der Waals surface area contributed by atoms with Gasteiger partial charge in [-0.1, -0.05) is 22.9 Å². The number of alkyl halides is 1. The number of likely N-dealkylation sites (tertiary alicyclic amines) is 1. The number of hydrogen-bond donors (Lipinski definition) is 0. The van der Waals surface area contributed by atoms with Crippen molar-refractivity contribution in [3.05, 3.63) is 35.1 Å². The van der Waals surface area contributed by atoms with Crippen molar-refractivity contribution < 1.29 is 9.18 Å². The summed E-state index contributed by atoms with van der Waals surface area (Å²) in [5, 5.41) is 0. The highest BCUT2D eigenvalue weighted by atomic mass is 79.9. The quantitative estimate of drug-likeness (QED) is 0.757. The number of piperidine rings is 1. The van der Waals surface area contributed by atoms with Crippen LogP contribution in [0.1, 0.15) is 35.7 Å². The molecule has 1 aromatic carbocycles. The van der Waals surface area contributed by atoms with Gasteiger partial charge in [0.2, 0.25) is 0 Å². The molecule has 1 aromatic rings. The largest absolute Gasteiger partial charge is 0.339 e. The third-order valence-corrected chi connectivity index (χ3v) is 4.51. The second-order valence-corrected chi connectivity index (χ2v) is 6.77. The molecule has 2 rings (SSSR count). The molecule has 2 nitrogen and oxygen atoms in total. The van der Waals surface area contributed by atoms with Crippen LogP contribution in [-0.4, -0.2) is 28.7 Å². The molecule has 1 unspecified atom stereocenters. The van der Waals surface area contributed by atoms with E-state index in [1.165, 1.54) is 12.1 Å². The molecule has 1 saturated heterocycles. The minimum Gasteiger partial charge on any atom is -0.339 e. The van der Waals surface area contributed by atoms with Crippen molar-refractivity contribution in [1.82, 2.24) is 4.90 Å². The standard InChI is InChI=1S/C15H19BrFNO/c1-10-7-13(9-14(17)8-10)15(19)18-5-3-12(4-6-18)11(2)16/h7-9,11-12H,3-6H2,1-2H3. The van der Waals surface area contributed by atoms with Crippen LogP contribution in [0.4, 0.5) is 4.39 Å². The predicted molar refractivity (Wildman–Crippen MR) is 78.2 cm³/mol. The first-order valence-electron chi connectivity index (χ1n) is 6.68. The van der Waals surface area contributed by atoms with Crippen LogP contribution in [0.5, 0.6) is 0 Å². The molecule has 4 heteroatoms. The van der Waals surface area contributed by atoms with E-state index in [2.05, 4.69) is 22.9 Å². The van der Waals surface area contributed by atoms with Crippen molar-refractivity contribution in [3.63, 3.8) is 0 Å². The number of nitrogens with zero attached hydrogens (tertiary/aromatic N) is 1. The van der Waals surface area contributed by atoms with E-state index in [1.54, 1.807) is 13.0 Å². The van der Waals surface area contributed by atoms with E-state index in [1.807, 2.05) is 4.90 Å². The summed E-state index contributed by atoms with van der Waals surface area (Å²) in [6, 6.07) is 4.52. The zero-order valence-corrected chi connectivity index (χ0v) is 12.9.